The van der Waals surface area contributed by atoms with Gasteiger partial charge in [0.1, 0.15) is 0 Å². The smallest absolute Gasteiger partial charge is 0.162 e. The third kappa shape index (κ3) is 6.73. The van der Waals surface area contributed by atoms with E-state index in [0.29, 0.717) is 18.1 Å². The number of hydrogen-bond donors (Lipinski definition) is 1. The number of anilines is 1. The molecular weight excluding hydrogens is 415 g/mol. The van der Waals surface area contributed by atoms with Crippen LogP contribution >= 0.6 is 24.8 Å². The van der Waals surface area contributed by atoms with Crippen LogP contribution in [0, 0.1) is 5.92 Å². The lowest BCUT2D eigenvalue weighted by atomic mass is 9.89. The topological polar surface area (TPSA) is 32.3 Å². The molecule has 1 N–H and O–H groups in total. The van der Waals surface area contributed by atoms with Gasteiger partial charge in [-0.3, -0.25) is 4.79 Å². The number of piperidine rings is 1. The quantitative estimate of drug-likeness (QED) is 0.542. The molecule has 0 saturated carbocycles. The highest BCUT2D eigenvalue weighted by molar-refractivity contribution is 5.96. The molecule has 2 aromatic carbocycles. The lowest BCUT2D eigenvalue weighted by Gasteiger charge is -2.32. The lowest BCUT2D eigenvalue weighted by Crippen LogP contribution is -2.35. The van der Waals surface area contributed by atoms with Crippen LogP contribution in [-0.2, 0) is 12.8 Å². The molecule has 0 aromatic heterocycles. The highest BCUT2D eigenvalue weighted by Gasteiger charge is 2.20. The zero-order valence-electron chi connectivity index (χ0n) is 17.6. The predicted octanol–water partition coefficient (Wildman–Crippen LogP) is 5.81. The van der Waals surface area contributed by atoms with Gasteiger partial charge in [-0.1, -0.05) is 30.3 Å². The summed E-state index contributed by atoms with van der Waals surface area (Å²) < 4.78 is 0. The number of carbonyl (C=O) groups excluding carboxylic acids is 1. The number of rotatable bonds is 7. The Labute approximate surface area is 193 Å². The molecule has 4 rings (SSSR count). The Hall–Kier alpha value is -1.55. The molecule has 1 saturated heterocycles. The molecule has 1 fully saturated rings. The Morgan fingerprint density at radius 1 is 1.03 bits per heavy atom. The third-order valence-electron chi connectivity index (χ3n) is 6.41. The number of fused-ring (bicyclic) bond motifs is 1. The van der Waals surface area contributed by atoms with Crippen molar-refractivity contribution in [1.29, 1.82) is 0 Å². The molecule has 0 unspecified atom stereocenters. The van der Waals surface area contributed by atoms with Crippen LogP contribution in [0.2, 0.25) is 0 Å². The second kappa shape index (κ2) is 12.3. The summed E-state index contributed by atoms with van der Waals surface area (Å²) in [4.78, 5) is 15.3. The number of Topliss-reactive ketones (excluding diaryl/α,β-unsaturated/α-hetero) is 1. The first-order valence-corrected chi connectivity index (χ1v) is 10.9. The SMILES string of the molecule is Cl.Cl.O=C(CCC1CCN(CCc2ccccc2)CC1)c1ccc2c(c1)CCCN2. The van der Waals surface area contributed by atoms with E-state index >= 15 is 0 Å². The lowest BCUT2D eigenvalue weighted by molar-refractivity contribution is 0.0962. The van der Waals surface area contributed by atoms with Crippen molar-refractivity contribution in [1.82, 2.24) is 4.90 Å². The average molecular weight is 449 g/mol. The number of halogens is 2. The number of likely N-dealkylation sites (tertiary alicyclic amines) is 1. The molecule has 30 heavy (non-hydrogen) atoms. The van der Waals surface area contributed by atoms with E-state index in [-0.39, 0.29) is 24.8 Å². The molecule has 0 bridgehead atoms. The molecule has 0 spiro atoms. The van der Waals surface area contributed by atoms with Crippen LogP contribution in [0.15, 0.2) is 48.5 Å². The summed E-state index contributed by atoms with van der Waals surface area (Å²) in [5.41, 5.74) is 4.85. The van der Waals surface area contributed by atoms with Crippen LogP contribution in [0.3, 0.4) is 0 Å². The molecule has 0 amide bonds. The predicted molar refractivity (Wildman–Crippen MR) is 131 cm³/mol. The van der Waals surface area contributed by atoms with Crippen molar-refractivity contribution in [2.75, 3.05) is 31.5 Å². The van der Waals surface area contributed by atoms with Crippen LogP contribution in [-0.4, -0.2) is 36.9 Å². The first kappa shape index (κ1) is 24.7. The number of benzene rings is 2. The number of ketones is 1. The van der Waals surface area contributed by atoms with Crippen molar-refractivity contribution in [3.63, 3.8) is 0 Å². The van der Waals surface area contributed by atoms with Crippen LogP contribution in [0.4, 0.5) is 5.69 Å². The minimum absolute atomic E-state index is 0. The Morgan fingerprint density at radius 3 is 2.57 bits per heavy atom. The van der Waals surface area contributed by atoms with E-state index in [0.717, 1.165) is 44.3 Å². The van der Waals surface area contributed by atoms with Gasteiger partial charge >= 0.3 is 0 Å². The minimum atomic E-state index is 0. The molecule has 3 nitrogen and oxygen atoms in total. The highest BCUT2D eigenvalue weighted by atomic mass is 35.5. The molecule has 164 valence electrons. The summed E-state index contributed by atoms with van der Waals surface area (Å²) in [6, 6.07) is 17.0. The van der Waals surface area contributed by atoms with E-state index < -0.39 is 0 Å². The zero-order chi connectivity index (χ0) is 19.2. The van der Waals surface area contributed by atoms with E-state index in [9.17, 15) is 4.79 Å². The van der Waals surface area contributed by atoms with Gasteiger partial charge in [0.05, 0.1) is 0 Å². The van der Waals surface area contributed by atoms with Crippen molar-refractivity contribution in [3.8, 4) is 0 Å². The van der Waals surface area contributed by atoms with Gasteiger partial charge in [0.25, 0.3) is 0 Å². The van der Waals surface area contributed by atoms with Gasteiger partial charge in [0, 0.05) is 30.8 Å². The first-order valence-electron chi connectivity index (χ1n) is 10.9. The van der Waals surface area contributed by atoms with Crippen LogP contribution < -0.4 is 5.32 Å². The maximum absolute atomic E-state index is 12.7. The average Bonchev–Trinajstić information content (AvgIpc) is 2.77. The fraction of sp³-hybridized carbons (Fsp3) is 0.480. The molecule has 2 heterocycles. The molecule has 0 aliphatic carbocycles. The Kier molecular flexibility index (Phi) is 10.2. The van der Waals surface area contributed by atoms with Crippen molar-refractivity contribution in [3.05, 3.63) is 65.2 Å². The number of hydrogen-bond acceptors (Lipinski definition) is 3. The second-order valence-corrected chi connectivity index (χ2v) is 8.38. The van der Waals surface area contributed by atoms with Gasteiger partial charge in [-0.15, -0.1) is 24.8 Å². The summed E-state index contributed by atoms with van der Waals surface area (Å²) in [7, 11) is 0. The summed E-state index contributed by atoms with van der Waals surface area (Å²) in [6.07, 6.45) is 7.59. The van der Waals surface area contributed by atoms with Crippen LogP contribution in [0.25, 0.3) is 0 Å². The molecule has 0 atom stereocenters. The van der Waals surface area contributed by atoms with Gasteiger partial charge in [-0.2, -0.15) is 0 Å². The van der Waals surface area contributed by atoms with Gasteiger partial charge in [-0.25, -0.2) is 0 Å². The molecule has 2 aromatic rings. The largest absolute Gasteiger partial charge is 0.385 e. The first-order chi connectivity index (χ1) is 13.8. The second-order valence-electron chi connectivity index (χ2n) is 8.38. The van der Waals surface area contributed by atoms with E-state index in [1.807, 2.05) is 6.07 Å². The van der Waals surface area contributed by atoms with Crippen LogP contribution in [0.5, 0.6) is 0 Å². The summed E-state index contributed by atoms with van der Waals surface area (Å²) >= 11 is 0. The summed E-state index contributed by atoms with van der Waals surface area (Å²) in [6.45, 7) is 4.55. The van der Waals surface area contributed by atoms with Crippen LogP contribution in [0.1, 0.15) is 53.6 Å². The molecule has 0 radical (unpaired) electrons. The maximum Gasteiger partial charge on any atom is 0.162 e. The molecule has 5 heteroatoms. The van der Waals surface area contributed by atoms with E-state index in [1.165, 1.54) is 42.7 Å². The van der Waals surface area contributed by atoms with E-state index in [1.54, 1.807) is 0 Å². The summed E-state index contributed by atoms with van der Waals surface area (Å²) in [5.74, 6) is 1.02. The Bertz CT molecular complexity index is 789. The van der Waals surface area contributed by atoms with E-state index in [2.05, 4.69) is 52.7 Å². The van der Waals surface area contributed by atoms with Crippen molar-refractivity contribution >= 4 is 36.3 Å². The molecule has 2 aliphatic heterocycles. The number of nitrogens with one attached hydrogen (secondary N) is 1. The molecule has 2 aliphatic rings. The number of aryl methyl sites for hydroxylation is 1. The Balaban J connectivity index is 0.00000160. The maximum atomic E-state index is 12.7. The van der Waals surface area contributed by atoms with E-state index in [4.69, 9.17) is 0 Å². The van der Waals surface area contributed by atoms with Crippen molar-refractivity contribution in [2.24, 2.45) is 5.92 Å². The number of carbonyl (C=O) groups is 1. The third-order valence-corrected chi connectivity index (χ3v) is 6.41. The van der Waals surface area contributed by atoms with Gasteiger partial charge in [0.2, 0.25) is 0 Å². The van der Waals surface area contributed by atoms with Gasteiger partial charge in [-0.05, 0) is 86.9 Å². The van der Waals surface area contributed by atoms with Crippen molar-refractivity contribution in [2.45, 2.75) is 44.9 Å². The fourth-order valence-electron chi connectivity index (χ4n) is 4.56. The normalized spacial score (nSPS) is 16.5. The Morgan fingerprint density at radius 2 is 1.80 bits per heavy atom. The minimum Gasteiger partial charge on any atom is -0.385 e. The van der Waals surface area contributed by atoms with Gasteiger partial charge in [0.15, 0.2) is 5.78 Å². The fourth-order valence-corrected chi connectivity index (χ4v) is 4.56. The summed E-state index contributed by atoms with van der Waals surface area (Å²) in [5, 5.41) is 3.42. The number of nitrogens with zero attached hydrogens (tertiary/aromatic N) is 1. The van der Waals surface area contributed by atoms with Crippen molar-refractivity contribution < 1.29 is 4.79 Å². The molecular formula is C25H34Cl2N2O. The standard InChI is InChI=1S/C25H32N2O.2ClH/c28-25(23-9-10-24-22(19-23)7-4-15-26-24)11-8-21-13-17-27(18-14-21)16-12-20-5-2-1-3-6-20;;/h1-3,5-6,9-10,19,21,26H,4,7-8,11-18H2;2*1H. The van der Waals surface area contributed by atoms with Gasteiger partial charge < -0.3 is 10.2 Å². The monoisotopic (exact) mass is 448 g/mol. The zero-order valence-corrected chi connectivity index (χ0v) is 19.3. The highest BCUT2D eigenvalue weighted by Crippen LogP contribution is 2.26.